The van der Waals surface area contributed by atoms with Gasteiger partial charge in [-0.2, -0.15) is 0 Å². The van der Waals surface area contributed by atoms with Crippen LogP contribution in [0.3, 0.4) is 0 Å². The molecule has 0 spiro atoms. The first kappa shape index (κ1) is 15.7. The summed E-state index contributed by atoms with van der Waals surface area (Å²) < 4.78 is 5.29. The zero-order valence-electron chi connectivity index (χ0n) is 13.5. The number of nitrogens with one attached hydrogen (secondary N) is 2. The fraction of sp³-hybridized carbons (Fsp3) is 0.562. The molecule has 7 heteroatoms. The fourth-order valence-corrected chi connectivity index (χ4v) is 3.33. The summed E-state index contributed by atoms with van der Waals surface area (Å²) in [7, 11) is 3.34. The normalized spacial score (nSPS) is 19.2. The standard InChI is InChI=1S/C16H22N4O3/c1-20-12-7-11(8-17-14(12)18-9-13(20)21)15(22)19-16(10-23-2)5-3-4-6-16/h7-8H,3-6,9-10H2,1-2H3,(H,17,18)(H,19,22). The van der Waals surface area contributed by atoms with Gasteiger partial charge in [-0.15, -0.1) is 0 Å². The quantitative estimate of drug-likeness (QED) is 0.870. The summed E-state index contributed by atoms with van der Waals surface area (Å²) in [4.78, 5) is 30.2. The number of anilines is 2. The maximum atomic E-state index is 12.6. The second kappa shape index (κ2) is 6.16. The van der Waals surface area contributed by atoms with Crippen LogP contribution in [0.25, 0.3) is 0 Å². The summed E-state index contributed by atoms with van der Waals surface area (Å²) in [6.07, 6.45) is 5.57. The average molecular weight is 318 g/mol. The average Bonchev–Trinajstić information content (AvgIpc) is 2.99. The monoisotopic (exact) mass is 318 g/mol. The molecule has 1 aromatic rings. The minimum atomic E-state index is -0.290. The molecule has 124 valence electrons. The lowest BCUT2D eigenvalue weighted by Crippen LogP contribution is -2.49. The molecule has 1 aliphatic heterocycles. The molecular weight excluding hydrogens is 296 g/mol. The maximum absolute atomic E-state index is 12.6. The van der Waals surface area contributed by atoms with Gasteiger partial charge in [-0.25, -0.2) is 4.98 Å². The molecule has 1 aromatic heterocycles. The number of ether oxygens (including phenoxy) is 1. The molecule has 2 amide bonds. The lowest BCUT2D eigenvalue weighted by molar-refractivity contribution is -0.116. The molecule has 3 rings (SSSR count). The molecule has 2 aliphatic rings. The molecule has 0 aromatic carbocycles. The number of amides is 2. The van der Waals surface area contributed by atoms with Crippen molar-refractivity contribution < 1.29 is 14.3 Å². The summed E-state index contributed by atoms with van der Waals surface area (Å²) in [5.41, 5.74) is 0.789. The number of hydrogen-bond acceptors (Lipinski definition) is 5. The van der Waals surface area contributed by atoms with Gasteiger partial charge in [0.1, 0.15) is 5.82 Å². The van der Waals surface area contributed by atoms with Crippen molar-refractivity contribution in [3.8, 4) is 0 Å². The third-order valence-electron chi connectivity index (χ3n) is 4.63. The van der Waals surface area contributed by atoms with E-state index < -0.39 is 0 Å². The number of hydrogen-bond donors (Lipinski definition) is 2. The van der Waals surface area contributed by atoms with Crippen LogP contribution in [-0.2, 0) is 9.53 Å². The van der Waals surface area contributed by atoms with Crippen molar-refractivity contribution in [2.24, 2.45) is 0 Å². The van der Waals surface area contributed by atoms with Crippen LogP contribution < -0.4 is 15.5 Å². The molecular formula is C16H22N4O3. The number of carbonyl (C=O) groups is 2. The number of methoxy groups -OCH3 is 1. The number of rotatable bonds is 4. The Morgan fingerprint density at radius 2 is 2.22 bits per heavy atom. The van der Waals surface area contributed by atoms with E-state index in [0.717, 1.165) is 25.7 Å². The first-order valence-corrected chi connectivity index (χ1v) is 7.87. The largest absolute Gasteiger partial charge is 0.382 e. The minimum Gasteiger partial charge on any atom is -0.382 e. The molecule has 0 bridgehead atoms. The van der Waals surface area contributed by atoms with Crippen molar-refractivity contribution in [1.82, 2.24) is 10.3 Å². The zero-order chi connectivity index (χ0) is 16.4. The molecule has 2 N–H and O–H groups in total. The summed E-state index contributed by atoms with van der Waals surface area (Å²) in [5, 5.41) is 6.07. The highest BCUT2D eigenvalue weighted by Gasteiger charge is 2.36. The van der Waals surface area contributed by atoms with Gasteiger partial charge in [-0.1, -0.05) is 12.8 Å². The van der Waals surface area contributed by atoms with E-state index in [9.17, 15) is 9.59 Å². The molecule has 1 aliphatic carbocycles. The number of nitrogens with zero attached hydrogens (tertiary/aromatic N) is 2. The molecule has 0 unspecified atom stereocenters. The van der Waals surface area contributed by atoms with Crippen LogP contribution in [-0.4, -0.2) is 49.6 Å². The SMILES string of the molecule is COCC1(NC(=O)c2cnc3c(c2)N(C)C(=O)CN3)CCCC1. The summed E-state index contributed by atoms with van der Waals surface area (Å²) in [6.45, 7) is 0.732. The van der Waals surface area contributed by atoms with Gasteiger partial charge in [0.15, 0.2) is 0 Å². The van der Waals surface area contributed by atoms with Crippen molar-refractivity contribution in [3.05, 3.63) is 17.8 Å². The lowest BCUT2D eigenvalue weighted by atomic mass is 9.98. The van der Waals surface area contributed by atoms with Crippen molar-refractivity contribution in [2.75, 3.05) is 37.5 Å². The molecule has 0 saturated heterocycles. The maximum Gasteiger partial charge on any atom is 0.253 e. The lowest BCUT2D eigenvalue weighted by Gasteiger charge is -2.30. The van der Waals surface area contributed by atoms with Gasteiger partial charge in [0, 0.05) is 20.4 Å². The molecule has 1 fully saturated rings. The van der Waals surface area contributed by atoms with Crippen LogP contribution in [0.4, 0.5) is 11.5 Å². The number of carbonyl (C=O) groups excluding carboxylic acids is 2. The van der Waals surface area contributed by atoms with E-state index >= 15 is 0 Å². The molecule has 1 saturated carbocycles. The smallest absolute Gasteiger partial charge is 0.253 e. The van der Waals surface area contributed by atoms with Crippen LogP contribution >= 0.6 is 0 Å². The Balaban J connectivity index is 1.81. The highest BCUT2D eigenvalue weighted by Crippen LogP contribution is 2.31. The molecule has 2 heterocycles. The van der Waals surface area contributed by atoms with Gasteiger partial charge in [0.2, 0.25) is 5.91 Å². The van der Waals surface area contributed by atoms with E-state index in [0.29, 0.717) is 23.7 Å². The van der Waals surface area contributed by atoms with Crippen molar-refractivity contribution in [1.29, 1.82) is 0 Å². The topological polar surface area (TPSA) is 83.6 Å². The number of pyridine rings is 1. The van der Waals surface area contributed by atoms with Gasteiger partial charge in [-0.3, -0.25) is 9.59 Å². The Labute approximate surface area is 135 Å². The number of aromatic nitrogens is 1. The zero-order valence-corrected chi connectivity index (χ0v) is 13.5. The fourth-order valence-electron chi connectivity index (χ4n) is 3.33. The van der Waals surface area contributed by atoms with E-state index in [1.165, 1.54) is 4.90 Å². The van der Waals surface area contributed by atoms with Gasteiger partial charge in [-0.05, 0) is 18.9 Å². The third-order valence-corrected chi connectivity index (χ3v) is 4.63. The molecule has 0 atom stereocenters. The van der Waals surface area contributed by atoms with Crippen LogP contribution in [0.1, 0.15) is 36.0 Å². The van der Waals surface area contributed by atoms with E-state index in [1.54, 1.807) is 26.4 Å². The molecule has 0 radical (unpaired) electrons. The highest BCUT2D eigenvalue weighted by atomic mass is 16.5. The van der Waals surface area contributed by atoms with Crippen LogP contribution in [0.2, 0.25) is 0 Å². The Hall–Kier alpha value is -2.15. The first-order valence-electron chi connectivity index (χ1n) is 7.87. The summed E-state index contributed by atoms with van der Waals surface area (Å²) in [6, 6.07) is 1.71. The Kier molecular flexibility index (Phi) is 4.21. The van der Waals surface area contributed by atoms with E-state index in [-0.39, 0.29) is 23.9 Å². The summed E-state index contributed by atoms with van der Waals surface area (Å²) >= 11 is 0. The summed E-state index contributed by atoms with van der Waals surface area (Å²) in [5.74, 6) is 0.394. The number of fused-ring (bicyclic) bond motifs is 1. The van der Waals surface area contributed by atoms with Gasteiger partial charge in [0.25, 0.3) is 5.91 Å². The Bertz CT molecular complexity index is 626. The molecule has 7 nitrogen and oxygen atoms in total. The Morgan fingerprint density at radius 3 is 2.91 bits per heavy atom. The van der Waals surface area contributed by atoms with Gasteiger partial charge in [0.05, 0.1) is 29.9 Å². The van der Waals surface area contributed by atoms with Gasteiger partial charge < -0.3 is 20.3 Å². The van der Waals surface area contributed by atoms with Crippen LogP contribution in [0.5, 0.6) is 0 Å². The third kappa shape index (κ3) is 3.01. The highest BCUT2D eigenvalue weighted by molar-refractivity contribution is 6.03. The predicted molar refractivity (Wildman–Crippen MR) is 86.7 cm³/mol. The van der Waals surface area contributed by atoms with Crippen molar-refractivity contribution in [3.63, 3.8) is 0 Å². The van der Waals surface area contributed by atoms with E-state index in [4.69, 9.17) is 4.74 Å². The van der Waals surface area contributed by atoms with Crippen molar-refractivity contribution in [2.45, 2.75) is 31.2 Å². The van der Waals surface area contributed by atoms with E-state index in [2.05, 4.69) is 15.6 Å². The van der Waals surface area contributed by atoms with E-state index in [1.807, 2.05) is 0 Å². The Morgan fingerprint density at radius 1 is 1.48 bits per heavy atom. The number of likely N-dealkylation sites (N-methyl/N-ethyl adjacent to an activating group) is 1. The second-order valence-electron chi connectivity index (χ2n) is 6.27. The minimum absolute atomic E-state index is 0.0523. The van der Waals surface area contributed by atoms with Crippen LogP contribution in [0, 0.1) is 0 Å². The first-order chi connectivity index (χ1) is 11.0. The van der Waals surface area contributed by atoms with Crippen molar-refractivity contribution >= 4 is 23.3 Å². The second-order valence-corrected chi connectivity index (χ2v) is 6.27. The molecule has 23 heavy (non-hydrogen) atoms. The predicted octanol–water partition coefficient (Wildman–Crippen LogP) is 1.16. The van der Waals surface area contributed by atoms with Crippen LogP contribution in [0.15, 0.2) is 12.3 Å². The van der Waals surface area contributed by atoms with Gasteiger partial charge >= 0.3 is 0 Å².